The summed E-state index contributed by atoms with van der Waals surface area (Å²) < 4.78 is 11.4. The van der Waals surface area contributed by atoms with E-state index in [1.165, 1.54) is 0 Å². The molecule has 1 aliphatic heterocycles. The number of rotatable bonds is 4. The van der Waals surface area contributed by atoms with Crippen molar-refractivity contribution >= 4 is 21.9 Å². The van der Waals surface area contributed by atoms with Crippen molar-refractivity contribution in [3.05, 3.63) is 27.7 Å². The number of carbonyl (C=O) groups is 1. The van der Waals surface area contributed by atoms with Crippen LogP contribution in [-0.2, 0) is 16.1 Å². The quantitative estimate of drug-likeness (QED) is 0.890. The van der Waals surface area contributed by atoms with E-state index < -0.39 is 5.97 Å². The van der Waals surface area contributed by atoms with E-state index in [4.69, 9.17) is 20.3 Å². The van der Waals surface area contributed by atoms with Gasteiger partial charge in [0.05, 0.1) is 6.61 Å². The minimum absolute atomic E-state index is 0.0503. The van der Waals surface area contributed by atoms with Crippen LogP contribution < -0.4 is 10.5 Å². The van der Waals surface area contributed by atoms with Gasteiger partial charge in [-0.3, -0.25) is 4.79 Å². The van der Waals surface area contributed by atoms with Crippen LogP contribution in [0, 0.1) is 0 Å². The fraction of sp³-hybridized carbons (Fsp3) is 0.417. The van der Waals surface area contributed by atoms with E-state index in [1.807, 2.05) is 12.1 Å². The monoisotopic (exact) mass is 315 g/mol. The summed E-state index contributed by atoms with van der Waals surface area (Å²) in [6.45, 7) is 0.747. The maximum atomic E-state index is 10.5. The lowest BCUT2D eigenvalue weighted by molar-refractivity contribution is -0.137. The number of hydrogen-bond donors (Lipinski definition) is 2. The van der Waals surface area contributed by atoms with E-state index in [-0.39, 0.29) is 19.3 Å². The molecule has 1 atom stereocenters. The number of ether oxygens (including phenoxy) is 2. The predicted molar refractivity (Wildman–Crippen MR) is 68.2 cm³/mol. The number of hydrogen-bond acceptors (Lipinski definition) is 4. The average Bonchev–Trinajstić information content (AvgIpc) is 2.35. The first-order valence-electron chi connectivity index (χ1n) is 5.58. The molecule has 0 spiro atoms. The van der Waals surface area contributed by atoms with Gasteiger partial charge in [-0.15, -0.1) is 0 Å². The predicted octanol–water partition coefficient (Wildman–Crippen LogP) is 2.18. The molecule has 0 aromatic heterocycles. The molecule has 0 amide bonds. The summed E-state index contributed by atoms with van der Waals surface area (Å²) in [5, 5.41) is 8.66. The summed E-state index contributed by atoms with van der Waals surface area (Å²) >= 11 is 3.44. The van der Waals surface area contributed by atoms with Crippen molar-refractivity contribution in [1.82, 2.24) is 0 Å². The first kappa shape index (κ1) is 13.3. The number of fused-ring (bicyclic) bond motifs is 1. The van der Waals surface area contributed by atoms with E-state index in [0.29, 0.717) is 13.0 Å². The van der Waals surface area contributed by atoms with Crippen molar-refractivity contribution < 1.29 is 19.4 Å². The van der Waals surface area contributed by atoms with Crippen molar-refractivity contribution in [3.8, 4) is 5.75 Å². The molecule has 6 heteroatoms. The number of carboxylic acids is 1. The van der Waals surface area contributed by atoms with Crippen LogP contribution in [-0.4, -0.2) is 17.9 Å². The number of aliphatic carboxylic acids is 1. The minimum atomic E-state index is -0.843. The Morgan fingerprint density at radius 1 is 1.56 bits per heavy atom. The molecule has 0 radical (unpaired) electrons. The fourth-order valence-corrected chi connectivity index (χ4v) is 2.52. The molecular formula is C12H14BrNO4. The Kier molecular flexibility index (Phi) is 4.21. The largest absolute Gasteiger partial charge is 0.481 e. The number of nitrogens with two attached hydrogens (primary N) is 1. The summed E-state index contributed by atoms with van der Waals surface area (Å²) in [6, 6.07) is 3.44. The standard InChI is InChI=1S/C12H14BrNO4/c13-9-3-7-5-17-6-18-11(7)4-8(9)10(14)1-2-12(15)16/h3-4,10H,1-2,5-6,14H2,(H,15,16). The van der Waals surface area contributed by atoms with Crippen LogP contribution in [0.1, 0.15) is 30.0 Å². The molecule has 1 unspecified atom stereocenters. The zero-order valence-corrected chi connectivity index (χ0v) is 11.3. The lowest BCUT2D eigenvalue weighted by Crippen LogP contribution is -2.16. The van der Waals surface area contributed by atoms with Crippen molar-refractivity contribution in [1.29, 1.82) is 0 Å². The smallest absolute Gasteiger partial charge is 0.303 e. The average molecular weight is 316 g/mol. The maximum absolute atomic E-state index is 10.5. The van der Waals surface area contributed by atoms with Gasteiger partial charge in [0.1, 0.15) is 5.75 Å². The van der Waals surface area contributed by atoms with Crippen LogP contribution in [0.5, 0.6) is 5.75 Å². The highest BCUT2D eigenvalue weighted by Crippen LogP contribution is 2.34. The normalized spacial score (nSPS) is 15.7. The summed E-state index contributed by atoms with van der Waals surface area (Å²) in [6.07, 6.45) is 0.442. The molecule has 3 N–H and O–H groups in total. The van der Waals surface area contributed by atoms with Crippen molar-refractivity contribution in [2.75, 3.05) is 6.79 Å². The Labute approximate surface area is 113 Å². The van der Waals surface area contributed by atoms with E-state index in [9.17, 15) is 4.79 Å². The van der Waals surface area contributed by atoms with E-state index in [2.05, 4.69) is 15.9 Å². The maximum Gasteiger partial charge on any atom is 0.303 e. The first-order chi connectivity index (χ1) is 8.58. The molecule has 0 aliphatic carbocycles. The van der Waals surface area contributed by atoms with E-state index >= 15 is 0 Å². The number of halogens is 1. The van der Waals surface area contributed by atoms with Gasteiger partial charge in [-0.1, -0.05) is 15.9 Å². The lowest BCUT2D eigenvalue weighted by atomic mass is 10.0. The Bertz CT molecular complexity index is 464. The molecule has 0 bridgehead atoms. The Morgan fingerprint density at radius 2 is 2.33 bits per heavy atom. The second-order valence-electron chi connectivity index (χ2n) is 4.13. The van der Waals surface area contributed by atoms with Crippen molar-refractivity contribution in [2.24, 2.45) is 5.73 Å². The highest BCUT2D eigenvalue weighted by Gasteiger charge is 2.18. The molecule has 1 heterocycles. The zero-order chi connectivity index (χ0) is 13.1. The highest BCUT2D eigenvalue weighted by molar-refractivity contribution is 9.10. The summed E-state index contributed by atoms with van der Waals surface area (Å²) in [4.78, 5) is 10.5. The SMILES string of the molecule is NC(CCC(=O)O)c1cc2c(cc1Br)COCO2. The third-order valence-electron chi connectivity index (χ3n) is 2.80. The van der Waals surface area contributed by atoms with Crippen LogP contribution in [0.2, 0.25) is 0 Å². The molecule has 5 nitrogen and oxygen atoms in total. The number of carboxylic acid groups (broad SMARTS) is 1. The van der Waals surface area contributed by atoms with Crippen LogP contribution in [0.15, 0.2) is 16.6 Å². The van der Waals surface area contributed by atoms with Gasteiger partial charge in [0, 0.05) is 22.5 Å². The Balaban J connectivity index is 2.19. The van der Waals surface area contributed by atoms with Crippen molar-refractivity contribution in [3.63, 3.8) is 0 Å². The van der Waals surface area contributed by atoms with Crippen molar-refractivity contribution in [2.45, 2.75) is 25.5 Å². The second-order valence-corrected chi connectivity index (χ2v) is 4.99. The van der Waals surface area contributed by atoms with Gasteiger partial charge in [0.15, 0.2) is 6.79 Å². The molecule has 0 saturated heterocycles. The Morgan fingerprint density at radius 3 is 3.06 bits per heavy atom. The molecule has 1 aliphatic rings. The van der Waals surface area contributed by atoms with Gasteiger partial charge in [-0.05, 0) is 24.1 Å². The van der Waals surface area contributed by atoms with Crippen LogP contribution >= 0.6 is 15.9 Å². The highest BCUT2D eigenvalue weighted by atomic mass is 79.9. The minimum Gasteiger partial charge on any atom is -0.481 e. The third kappa shape index (κ3) is 3.01. The zero-order valence-electron chi connectivity index (χ0n) is 9.69. The van der Waals surface area contributed by atoms with Gasteiger partial charge in [-0.25, -0.2) is 0 Å². The molecule has 2 rings (SSSR count). The van der Waals surface area contributed by atoms with Gasteiger partial charge < -0.3 is 20.3 Å². The number of benzene rings is 1. The molecule has 0 saturated carbocycles. The van der Waals surface area contributed by atoms with E-state index in [1.54, 1.807) is 0 Å². The van der Waals surface area contributed by atoms with Crippen LogP contribution in [0.25, 0.3) is 0 Å². The van der Waals surface area contributed by atoms with Gasteiger partial charge >= 0.3 is 5.97 Å². The fourth-order valence-electron chi connectivity index (χ4n) is 1.83. The molecule has 1 aromatic rings. The molecule has 18 heavy (non-hydrogen) atoms. The van der Waals surface area contributed by atoms with Gasteiger partial charge in [0.2, 0.25) is 0 Å². The van der Waals surface area contributed by atoms with Crippen LogP contribution in [0.3, 0.4) is 0 Å². The molecule has 98 valence electrons. The van der Waals surface area contributed by atoms with Gasteiger partial charge in [0.25, 0.3) is 0 Å². The molecule has 1 aromatic carbocycles. The lowest BCUT2D eigenvalue weighted by Gasteiger charge is -2.21. The Hall–Kier alpha value is -1.11. The summed E-state index contributed by atoms with van der Waals surface area (Å²) in [5.41, 5.74) is 7.82. The summed E-state index contributed by atoms with van der Waals surface area (Å²) in [7, 11) is 0. The molecular weight excluding hydrogens is 302 g/mol. The summed E-state index contributed by atoms with van der Waals surface area (Å²) in [5.74, 6) is -0.0885. The second kappa shape index (κ2) is 5.69. The van der Waals surface area contributed by atoms with Crippen LogP contribution in [0.4, 0.5) is 0 Å². The third-order valence-corrected chi connectivity index (χ3v) is 3.49. The van der Waals surface area contributed by atoms with Gasteiger partial charge in [-0.2, -0.15) is 0 Å². The first-order valence-corrected chi connectivity index (χ1v) is 6.37. The molecule has 0 fully saturated rings. The van der Waals surface area contributed by atoms with E-state index in [0.717, 1.165) is 21.3 Å². The topological polar surface area (TPSA) is 81.8 Å².